The van der Waals surface area contributed by atoms with Crippen molar-refractivity contribution >= 4 is 17.4 Å². The Labute approximate surface area is 128 Å². The molecule has 0 saturated heterocycles. The number of Topliss-reactive ketones (excluding diaryl/α,β-unsaturated/α-hetero) is 1. The number of aryl methyl sites for hydroxylation is 1. The first kappa shape index (κ1) is 14.3. The predicted octanol–water partition coefficient (Wildman–Crippen LogP) is 2.77. The molecule has 1 aliphatic heterocycles. The number of ketones is 1. The van der Waals surface area contributed by atoms with Crippen LogP contribution in [0.15, 0.2) is 52.2 Å². The van der Waals surface area contributed by atoms with E-state index in [2.05, 4.69) is 5.10 Å². The zero-order valence-corrected chi connectivity index (χ0v) is 12.4. The number of hydrogen-bond donors (Lipinski definition) is 0. The molecule has 2 heterocycles. The fourth-order valence-corrected chi connectivity index (χ4v) is 2.50. The van der Waals surface area contributed by atoms with E-state index in [1.165, 1.54) is 18.2 Å². The van der Waals surface area contributed by atoms with Gasteiger partial charge in [-0.15, -0.1) is 0 Å². The SMILES string of the molecule is CC(=O)N1CC(c2ccc(C)cc2)C(C(=O)c2ccco2)=N1. The maximum atomic E-state index is 12.6. The average Bonchev–Trinajstić information content (AvgIpc) is 3.17. The number of hydrogen-bond acceptors (Lipinski definition) is 4. The van der Waals surface area contributed by atoms with Crippen molar-refractivity contribution in [3.05, 3.63) is 59.5 Å². The number of benzene rings is 1. The van der Waals surface area contributed by atoms with Crippen molar-refractivity contribution < 1.29 is 14.0 Å². The van der Waals surface area contributed by atoms with Crippen LogP contribution in [0, 0.1) is 6.92 Å². The molecule has 0 spiro atoms. The van der Waals surface area contributed by atoms with Crippen molar-refractivity contribution in [1.29, 1.82) is 0 Å². The van der Waals surface area contributed by atoms with Gasteiger partial charge in [0.25, 0.3) is 0 Å². The zero-order chi connectivity index (χ0) is 15.7. The normalized spacial score (nSPS) is 17.5. The number of hydrazone groups is 1. The van der Waals surface area contributed by atoms with E-state index in [4.69, 9.17) is 4.42 Å². The number of carbonyl (C=O) groups excluding carboxylic acids is 2. The minimum atomic E-state index is -0.278. The summed E-state index contributed by atoms with van der Waals surface area (Å²) in [6.07, 6.45) is 1.45. The highest BCUT2D eigenvalue weighted by Gasteiger charge is 2.35. The molecule has 1 atom stereocenters. The number of carbonyl (C=O) groups is 2. The highest BCUT2D eigenvalue weighted by Crippen LogP contribution is 2.27. The quantitative estimate of drug-likeness (QED) is 0.818. The molecule has 0 aliphatic carbocycles. The van der Waals surface area contributed by atoms with Gasteiger partial charge in [0.15, 0.2) is 5.76 Å². The summed E-state index contributed by atoms with van der Waals surface area (Å²) in [5, 5.41) is 5.55. The van der Waals surface area contributed by atoms with Gasteiger partial charge in [-0.25, -0.2) is 5.01 Å². The van der Waals surface area contributed by atoms with E-state index in [-0.39, 0.29) is 23.4 Å². The van der Waals surface area contributed by atoms with E-state index < -0.39 is 0 Å². The predicted molar refractivity (Wildman–Crippen MR) is 81.8 cm³/mol. The van der Waals surface area contributed by atoms with Crippen molar-refractivity contribution in [3.8, 4) is 0 Å². The van der Waals surface area contributed by atoms with Gasteiger partial charge >= 0.3 is 0 Å². The van der Waals surface area contributed by atoms with Crippen LogP contribution < -0.4 is 0 Å². The summed E-state index contributed by atoms with van der Waals surface area (Å²) in [6, 6.07) is 11.2. The smallest absolute Gasteiger partial charge is 0.244 e. The van der Waals surface area contributed by atoms with Crippen molar-refractivity contribution in [3.63, 3.8) is 0 Å². The standard InChI is InChI=1S/C17H16N2O3/c1-11-5-7-13(8-6-11)14-10-19(12(2)20)18-16(14)17(21)15-4-3-9-22-15/h3-9,14H,10H2,1-2H3. The molecule has 22 heavy (non-hydrogen) atoms. The lowest BCUT2D eigenvalue weighted by atomic mass is 9.91. The molecule has 1 aromatic heterocycles. The van der Waals surface area contributed by atoms with Gasteiger partial charge < -0.3 is 4.42 Å². The Hall–Kier alpha value is -2.69. The molecule has 5 nitrogen and oxygen atoms in total. The van der Waals surface area contributed by atoms with Crippen molar-refractivity contribution in [1.82, 2.24) is 5.01 Å². The summed E-state index contributed by atoms with van der Waals surface area (Å²) in [7, 11) is 0. The summed E-state index contributed by atoms with van der Waals surface area (Å²) >= 11 is 0. The molecule has 0 N–H and O–H groups in total. The number of amides is 1. The first-order valence-corrected chi connectivity index (χ1v) is 7.07. The van der Waals surface area contributed by atoms with Gasteiger partial charge in [-0.1, -0.05) is 29.8 Å². The van der Waals surface area contributed by atoms with Gasteiger partial charge in [0, 0.05) is 6.92 Å². The van der Waals surface area contributed by atoms with E-state index in [0.29, 0.717) is 12.3 Å². The summed E-state index contributed by atoms with van der Waals surface area (Å²) in [5.74, 6) is -0.456. The molecular weight excluding hydrogens is 280 g/mol. The molecule has 1 unspecified atom stereocenters. The van der Waals surface area contributed by atoms with Gasteiger partial charge in [0.1, 0.15) is 5.71 Å². The van der Waals surface area contributed by atoms with E-state index in [0.717, 1.165) is 11.1 Å². The Balaban J connectivity index is 1.98. The lowest BCUT2D eigenvalue weighted by molar-refractivity contribution is -0.128. The highest BCUT2D eigenvalue weighted by atomic mass is 16.3. The molecule has 1 amide bonds. The van der Waals surface area contributed by atoms with Crippen molar-refractivity contribution in [2.45, 2.75) is 19.8 Å². The van der Waals surface area contributed by atoms with Crippen LogP contribution in [0.1, 0.15) is 34.5 Å². The maximum Gasteiger partial charge on any atom is 0.244 e. The first-order chi connectivity index (χ1) is 10.6. The van der Waals surface area contributed by atoms with E-state index in [9.17, 15) is 9.59 Å². The van der Waals surface area contributed by atoms with E-state index in [1.54, 1.807) is 12.1 Å². The molecule has 1 aliphatic rings. The lowest BCUT2D eigenvalue weighted by Gasteiger charge is -2.13. The fraction of sp³-hybridized carbons (Fsp3) is 0.235. The number of nitrogens with zero attached hydrogens (tertiary/aromatic N) is 2. The fourth-order valence-electron chi connectivity index (χ4n) is 2.50. The molecule has 0 saturated carbocycles. The zero-order valence-electron chi connectivity index (χ0n) is 12.4. The molecule has 3 rings (SSSR count). The largest absolute Gasteiger partial charge is 0.461 e. The highest BCUT2D eigenvalue weighted by molar-refractivity contribution is 6.47. The Morgan fingerprint density at radius 1 is 1.23 bits per heavy atom. The summed E-state index contributed by atoms with van der Waals surface area (Å²) in [6.45, 7) is 3.82. The van der Waals surface area contributed by atoms with Crippen LogP contribution >= 0.6 is 0 Å². The minimum Gasteiger partial charge on any atom is -0.461 e. The second-order valence-corrected chi connectivity index (χ2v) is 5.36. The molecule has 1 aromatic carbocycles. The van der Waals surface area contributed by atoms with Crippen LogP contribution in [0.5, 0.6) is 0 Å². The van der Waals surface area contributed by atoms with Gasteiger partial charge in [-0.3, -0.25) is 9.59 Å². The van der Waals surface area contributed by atoms with Gasteiger partial charge in [-0.05, 0) is 24.6 Å². The van der Waals surface area contributed by atoms with Crippen LogP contribution in [-0.2, 0) is 4.79 Å². The molecule has 2 aromatic rings. The maximum absolute atomic E-state index is 12.6. The second kappa shape index (κ2) is 5.60. The van der Waals surface area contributed by atoms with Gasteiger partial charge in [-0.2, -0.15) is 5.10 Å². The topological polar surface area (TPSA) is 62.9 Å². The molecule has 5 heteroatoms. The third kappa shape index (κ3) is 2.57. The van der Waals surface area contributed by atoms with Crippen LogP contribution in [-0.4, -0.2) is 29.0 Å². The summed E-state index contributed by atoms with van der Waals surface area (Å²) < 4.78 is 5.17. The van der Waals surface area contributed by atoms with Gasteiger partial charge in [0.05, 0.1) is 18.7 Å². The van der Waals surface area contributed by atoms with E-state index >= 15 is 0 Å². The van der Waals surface area contributed by atoms with Gasteiger partial charge in [0.2, 0.25) is 11.7 Å². The lowest BCUT2D eigenvalue weighted by Crippen LogP contribution is -2.24. The Kier molecular flexibility index (Phi) is 3.63. The summed E-state index contributed by atoms with van der Waals surface area (Å²) in [5.41, 5.74) is 2.45. The third-order valence-electron chi connectivity index (χ3n) is 3.73. The Bertz CT molecular complexity index is 730. The molecule has 0 fully saturated rings. The van der Waals surface area contributed by atoms with Crippen LogP contribution in [0.4, 0.5) is 0 Å². The van der Waals surface area contributed by atoms with Crippen LogP contribution in [0.25, 0.3) is 0 Å². The molecule has 112 valence electrons. The summed E-state index contributed by atoms with van der Waals surface area (Å²) in [4.78, 5) is 24.2. The molecular formula is C17H16N2O3. The minimum absolute atomic E-state index is 0.181. The third-order valence-corrected chi connectivity index (χ3v) is 3.73. The molecule has 0 bridgehead atoms. The Morgan fingerprint density at radius 2 is 1.95 bits per heavy atom. The average molecular weight is 296 g/mol. The monoisotopic (exact) mass is 296 g/mol. The number of furan rings is 1. The first-order valence-electron chi connectivity index (χ1n) is 7.07. The van der Waals surface area contributed by atoms with Crippen LogP contribution in [0.3, 0.4) is 0 Å². The molecule has 0 radical (unpaired) electrons. The van der Waals surface area contributed by atoms with Crippen LogP contribution in [0.2, 0.25) is 0 Å². The van der Waals surface area contributed by atoms with Crippen molar-refractivity contribution in [2.75, 3.05) is 6.54 Å². The number of rotatable bonds is 3. The van der Waals surface area contributed by atoms with Crippen molar-refractivity contribution in [2.24, 2.45) is 5.10 Å². The second-order valence-electron chi connectivity index (χ2n) is 5.36. The Morgan fingerprint density at radius 3 is 2.55 bits per heavy atom. The van der Waals surface area contributed by atoms with E-state index in [1.807, 2.05) is 31.2 Å².